The lowest BCUT2D eigenvalue weighted by atomic mass is 10.1. The van der Waals surface area contributed by atoms with Crippen molar-refractivity contribution in [2.24, 2.45) is 0 Å². The number of nitrogens with one attached hydrogen (secondary N) is 1. The highest BCUT2D eigenvalue weighted by molar-refractivity contribution is 7.89. The summed E-state index contributed by atoms with van der Waals surface area (Å²) in [5.41, 5.74) is -0.680. The summed E-state index contributed by atoms with van der Waals surface area (Å²) in [6.07, 6.45) is 0. The standard InChI is InChI=1S/C10H9FN2O4S/c1-6-8(11)4-7(10(14)15)5-9(6)18(16,17)13-3-2-12/h4-5,13H,3H2,1H3,(H,14,15). The number of hydrogen-bond acceptors (Lipinski definition) is 4. The molecule has 0 atom stereocenters. The van der Waals surface area contributed by atoms with Crippen LogP contribution in [0.25, 0.3) is 0 Å². The normalized spacial score (nSPS) is 10.9. The number of hydrogen-bond donors (Lipinski definition) is 2. The largest absolute Gasteiger partial charge is 0.478 e. The first kappa shape index (κ1) is 14.1. The van der Waals surface area contributed by atoms with Gasteiger partial charge in [-0.25, -0.2) is 17.6 Å². The van der Waals surface area contributed by atoms with Gasteiger partial charge in [0.05, 0.1) is 23.1 Å². The molecule has 0 spiro atoms. The Hall–Kier alpha value is -1.98. The zero-order valence-corrected chi connectivity index (χ0v) is 10.1. The summed E-state index contributed by atoms with van der Waals surface area (Å²) in [5.74, 6) is -2.38. The number of carboxylic acids is 1. The van der Waals surface area contributed by atoms with E-state index in [1.807, 2.05) is 4.72 Å². The van der Waals surface area contributed by atoms with Crippen molar-refractivity contribution < 1.29 is 22.7 Å². The molecule has 1 aromatic rings. The van der Waals surface area contributed by atoms with Gasteiger partial charge in [-0.15, -0.1) is 0 Å². The van der Waals surface area contributed by atoms with Crippen LogP contribution in [0.3, 0.4) is 0 Å². The molecule has 1 aromatic carbocycles. The van der Waals surface area contributed by atoms with Gasteiger partial charge in [0.25, 0.3) is 0 Å². The molecule has 96 valence electrons. The predicted octanol–water partition coefficient (Wildman–Crippen LogP) is 0.634. The minimum Gasteiger partial charge on any atom is -0.478 e. The lowest BCUT2D eigenvalue weighted by Gasteiger charge is -2.09. The van der Waals surface area contributed by atoms with Crippen molar-refractivity contribution >= 4 is 16.0 Å². The lowest BCUT2D eigenvalue weighted by Crippen LogP contribution is -2.25. The fourth-order valence-electron chi connectivity index (χ4n) is 1.26. The second kappa shape index (κ2) is 5.12. The van der Waals surface area contributed by atoms with Crippen LogP contribution in [-0.4, -0.2) is 26.0 Å². The van der Waals surface area contributed by atoms with Crippen LogP contribution < -0.4 is 4.72 Å². The van der Waals surface area contributed by atoms with Crippen molar-refractivity contribution in [2.45, 2.75) is 11.8 Å². The summed E-state index contributed by atoms with van der Waals surface area (Å²) >= 11 is 0. The molecular formula is C10H9FN2O4S. The van der Waals surface area contributed by atoms with E-state index in [1.165, 1.54) is 6.92 Å². The van der Waals surface area contributed by atoms with Gasteiger partial charge in [-0.2, -0.15) is 9.98 Å². The van der Waals surface area contributed by atoms with E-state index < -0.39 is 38.8 Å². The van der Waals surface area contributed by atoms with Gasteiger partial charge in [-0.3, -0.25) is 0 Å². The Bertz CT molecular complexity index is 634. The van der Waals surface area contributed by atoms with Crippen LogP contribution >= 0.6 is 0 Å². The van der Waals surface area contributed by atoms with Crippen molar-refractivity contribution in [3.05, 3.63) is 29.1 Å². The van der Waals surface area contributed by atoms with Crippen LogP contribution in [-0.2, 0) is 10.0 Å². The van der Waals surface area contributed by atoms with Crippen LogP contribution in [0.2, 0.25) is 0 Å². The third-order valence-corrected chi connectivity index (χ3v) is 3.70. The first-order chi connectivity index (χ1) is 8.29. The summed E-state index contributed by atoms with van der Waals surface area (Å²) in [7, 11) is -4.11. The van der Waals surface area contributed by atoms with Crippen LogP contribution in [0.1, 0.15) is 15.9 Å². The summed E-state index contributed by atoms with van der Waals surface area (Å²) in [6.45, 7) is 0.725. The number of aromatic carboxylic acids is 1. The third-order valence-electron chi connectivity index (χ3n) is 2.17. The first-order valence-corrected chi connectivity index (χ1v) is 6.18. The maximum atomic E-state index is 13.4. The van der Waals surface area contributed by atoms with Crippen molar-refractivity contribution in [3.8, 4) is 6.07 Å². The topological polar surface area (TPSA) is 107 Å². The molecule has 0 bridgehead atoms. The number of halogens is 1. The van der Waals surface area contributed by atoms with Gasteiger partial charge in [0.1, 0.15) is 5.82 Å². The van der Waals surface area contributed by atoms with Crippen molar-refractivity contribution in [3.63, 3.8) is 0 Å². The fourth-order valence-corrected chi connectivity index (χ4v) is 2.45. The maximum absolute atomic E-state index is 13.4. The van der Waals surface area contributed by atoms with Gasteiger partial charge in [0, 0.05) is 5.56 Å². The van der Waals surface area contributed by atoms with Crippen LogP contribution in [0.15, 0.2) is 17.0 Å². The summed E-state index contributed by atoms with van der Waals surface area (Å²) < 4.78 is 38.8. The highest BCUT2D eigenvalue weighted by Crippen LogP contribution is 2.20. The van der Waals surface area contributed by atoms with Gasteiger partial charge < -0.3 is 5.11 Å². The molecule has 0 radical (unpaired) electrons. The van der Waals surface area contributed by atoms with Crippen molar-refractivity contribution in [2.75, 3.05) is 6.54 Å². The Balaban J connectivity index is 3.41. The molecule has 0 amide bonds. The van der Waals surface area contributed by atoms with Gasteiger partial charge in [0.2, 0.25) is 10.0 Å². The SMILES string of the molecule is Cc1c(F)cc(C(=O)O)cc1S(=O)(=O)NCC#N. The molecule has 0 saturated carbocycles. The molecule has 8 heteroatoms. The quantitative estimate of drug-likeness (QED) is 0.782. The van der Waals surface area contributed by atoms with Gasteiger partial charge in [-0.1, -0.05) is 0 Å². The van der Waals surface area contributed by atoms with E-state index in [9.17, 15) is 17.6 Å². The maximum Gasteiger partial charge on any atom is 0.335 e. The average Bonchev–Trinajstić information content (AvgIpc) is 2.29. The molecule has 0 saturated heterocycles. The van der Waals surface area contributed by atoms with Crippen LogP contribution in [0.4, 0.5) is 4.39 Å². The summed E-state index contributed by atoms with van der Waals surface area (Å²) in [6, 6.07) is 3.15. The van der Waals surface area contributed by atoms with Crippen LogP contribution in [0, 0.1) is 24.1 Å². The Morgan fingerprint density at radius 1 is 1.56 bits per heavy atom. The molecule has 0 heterocycles. The molecule has 1 rings (SSSR count). The van der Waals surface area contributed by atoms with Crippen molar-refractivity contribution in [1.29, 1.82) is 5.26 Å². The summed E-state index contributed by atoms with van der Waals surface area (Å²) in [4.78, 5) is 10.2. The highest BCUT2D eigenvalue weighted by Gasteiger charge is 2.21. The number of nitriles is 1. The molecule has 0 fully saturated rings. The highest BCUT2D eigenvalue weighted by atomic mass is 32.2. The lowest BCUT2D eigenvalue weighted by molar-refractivity contribution is 0.0696. The Labute approximate surface area is 103 Å². The van der Waals surface area contributed by atoms with Gasteiger partial charge >= 0.3 is 5.97 Å². The average molecular weight is 272 g/mol. The monoisotopic (exact) mass is 272 g/mol. The molecule has 0 aliphatic rings. The number of sulfonamides is 1. The van der Waals surface area contributed by atoms with E-state index in [4.69, 9.17) is 10.4 Å². The van der Waals surface area contributed by atoms with E-state index in [0.717, 1.165) is 12.1 Å². The number of carboxylic acid groups (broad SMARTS) is 1. The number of rotatable bonds is 4. The van der Waals surface area contributed by atoms with E-state index in [0.29, 0.717) is 0 Å². The van der Waals surface area contributed by atoms with Crippen molar-refractivity contribution in [1.82, 2.24) is 4.72 Å². The molecule has 0 aliphatic carbocycles. The smallest absolute Gasteiger partial charge is 0.335 e. The zero-order chi connectivity index (χ0) is 13.9. The fraction of sp³-hybridized carbons (Fsp3) is 0.200. The number of nitrogens with zero attached hydrogens (tertiary/aromatic N) is 1. The Morgan fingerprint density at radius 2 is 2.17 bits per heavy atom. The Kier molecular flexibility index (Phi) is 4.00. The molecule has 2 N–H and O–H groups in total. The van der Waals surface area contributed by atoms with E-state index in [2.05, 4.69) is 0 Å². The molecular weight excluding hydrogens is 263 g/mol. The summed E-state index contributed by atoms with van der Waals surface area (Å²) in [5, 5.41) is 17.0. The Morgan fingerprint density at radius 3 is 2.67 bits per heavy atom. The second-order valence-corrected chi connectivity index (χ2v) is 5.10. The zero-order valence-electron chi connectivity index (χ0n) is 9.27. The van der Waals surface area contributed by atoms with E-state index in [1.54, 1.807) is 6.07 Å². The predicted molar refractivity (Wildman–Crippen MR) is 58.9 cm³/mol. The van der Waals surface area contributed by atoms with Crippen LogP contribution in [0.5, 0.6) is 0 Å². The van der Waals surface area contributed by atoms with Gasteiger partial charge in [-0.05, 0) is 19.1 Å². The second-order valence-electron chi connectivity index (χ2n) is 3.37. The molecule has 0 aliphatic heterocycles. The van der Waals surface area contributed by atoms with Gasteiger partial charge in [0.15, 0.2) is 0 Å². The van der Waals surface area contributed by atoms with E-state index in [-0.39, 0.29) is 5.56 Å². The molecule has 18 heavy (non-hydrogen) atoms. The molecule has 0 unspecified atom stereocenters. The molecule has 0 aromatic heterocycles. The first-order valence-electron chi connectivity index (χ1n) is 4.69. The number of benzene rings is 1. The third kappa shape index (κ3) is 2.82. The molecule has 6 nitrogen and oxygen atoms in total. The van der Waals surface area contributed by atoms with E-state index >= 15 is 0 Å². The minimum absolute atomic E-state index is 0.203. The number of carbonyl (C=O) groups is 1. The minimum atomic E-state index is -4.11.